The molecule has 1 saturated carbocycles. The maximum Gasteiger partial charge on any atom is 0.281 e. The molecule has 0 radical (unpaired) electrons. The number of carbonyl (C=O) groups is 2. The minimum absolute atomic E-state index is 0.0245. The maximum atomic E-state index is 14.7. The van der Waals surface area contributed by atoms with Gasteiger partial charge in [-0.15, -0.1) is 0 Å². The lowest BCUT2D eigenvalue weighted by Gasteiger charge is -2.32. The molecule has 5 rings (SSSR count). The predicted molar refractivity (Wildman–Crippen MR) is 136 cm³/mol. The van der Waals surface area contributed by atoms with Gasteiger partial charge in [0, 0.05) is 29.9 Å². The van der Waals surface area contributed by atoms with E-state index in [-0.39, 0.29) is 40.2 Å². The Morgan fingerprint density at radius 2 is 1.82 bits per heavy atom. The summed E-state index contributed by atoms with van der Waals surface area (Å²) in [5.41, 5.74) is -3.27. The number of benzene rings is 2. The number of carbonyl (C=O) groups excluding carboxylic acids is 2. The summed E-state index contributed by atoms with van der Waals surface area (Å²) in [4.78, 5) is 31.2. The highest BCUT2D eigenvalue weighted by Gasteiger charge is 2.52. The Bertz CT molecular complexity index is 1430. The van der Waals surface area contributed by atoms with Crippen LogP contribution in [-0.2, 0) is 10.4 Å². The van der Waals surface area contributed by atoms with Crippen LogP contribution < -0.4 is 10.2 Å². The number of pyridine rings is 1. The summed E-state index contributed by atoms with van der Waals surface area (Å²) >= 11 is 5.85. The number of fused-ring (bicyclic) bond motifs is 1. The third kappa shape index (κ3) is 4.98. The number of rotatable bonds is 6. The predicted octanol–water partition coefficient (Wildman–Crippen LogP) is 5.52. The fourth-order valence-electron chi connectivity index (χ4n) is 5.47. The number of alkyl halides is 2. The highest BCUT2D eigenvalue weighted by Crippen LogP contribution is 2.46. The van der Waals surface area contributed by atoms with Gasteiger partial charge in [0.25, 0.3) is 18.2 Å². The Kier molecular flexibility index (Phi) is 7.35. The Labute approximate surface area is 226 Å². The number of amides is 2. The fraction of sp³-hybridized carbons (Fsp3) is 0.321. The zero-order valence-electron chi connectivity index (χ0n) is 20.5. The molecule has 2 N–H and O–H groups in total. The van der Waals surface area contributed by atoms with Crippen LogP contribution in [-0.4, -0.2) is 34.5 Å². The molecule has 1 atom stereocenters. The molecular weight excluding hydrogens is 538 g/mol. The van der Waals surface area contributed by atoms with Gasteiger partial charge in [0.15, 0.2) is 5.60 Å². The molecule has 0 spiro atoms. The summed E-state index contributed by atoms with van der Waals surface area (Å²) < 4.78 is 55.5. The highest BCUT2D eigenvalue weighted by atomic mass is 35.5. The largest absolute Gasteiger partial charge is 0.372 e. The minimum Gasteiger partial charge on any atom is -0.372 e. The van der Waals surface area contributed by atoms with Crippen LogP contribution in [0.2, 0.25) is 5.02 Å². The first kappa shape index (κ1) is 27.1. The van der Waals surface area contributed by atoms with Crippen molar-refractivity contribution in [2.24, 2.45) is 5.92 Å². The van der Waals surface area contributed by atoms with Crippen LogP contribution in [0.25, 0.3) is 0 Å². The lowest BCUT2D eigenvalue weighted by atomic mass is 9.85. The monoisotopic (exact) mass is 561 g/mol. The molecule has 0 saturated heterocycles. The van der Waals surface area contributed by atoms with Crippen molar-refractivity contribution in [3.63, 3.8) is 0 Å². The van der Waals surface area contributed by atoms with E-state index in [4.69, 9.17) is 11.6 Å². The molecule has 0 bridgehead atoms. The van der Waals surface area contributed by atoms with Gasteiger partial charge in [-0.25, -0.2) is 17.6 Å². The van der Waals surface area contributed by atoms with E-state index in [0.29, 0.717) is 31.4 Å². The second kappa shape index (κ2) is 10.6. The first-order valence-electron chi connectivity index (χ1n) is 12.4. The number of hydrogen-bond donors (Lipinski definition) is 2. The van der Waals surface area contributed by atoms with E-state index in [2.05, 4.69) is 10.3 Å². The molecule has 39 heavy (non-hydrogen) atoms. The number of nitrogens with zero attached hydrogens (tertiary/aromatic N) is 2. The van der Waals surface area contributed by atoms with Crippen LogP contribution in [0.3, 0.4) is 0 Å². The number of anilines is 1. The zero-order chi connectivity index (χ0) is 27.9. The van der Waals surface area contributed by atoms with Crippen molar-refractivity contribution >= 4 is 29.1 Å². The van der Waals surface area contributed by atoms with Crippen LogP contribution in [0.1, 0.15) is 59.3 Å². The van der Waals surface area contributed by atoms with Gasteiger partial charge in [-0.1, -0.05) is 29.8 Å². The molecule has 2 aliphatic rings. The first-order chi connectivity index (χ1) is 18.6. The van der Waals surface area contributed by atoms with Crippen molar-refractivity contribution in [1.82, 2.24) is 10.3 Å². The summed E-state index contributed by atoms with van der Waals surface area (Å²) in [7, 11) is 0. The van der Waals surface area contributed by atoms with E-state index in [0.717, 1.165) is 24.4 Å². The van der Waals surface area contributed by atoms with Crippen LogP contribution in [0, 0.1) is 17.6 Å². The molecule has 1 unspecified atom stereocenters. The molecule has 1 fully saturated rings. The standard InChI is InChI=1S/C28H24ClF4N3O3/c29-16-11-19(24(25(32)33)34-13-16)26(37)35-18-8-5-15(6-9-18)14-36-23-10-7-17(30)12-21(23)28(39,27(36)38)20-3-1-2-4-22(20)31/h1-4,7,10-13,15,18,25,39H,5-6,8-9,14H2,(H,35,37). The Balaban J connectivity index is 1.29. The molecule has 2 amide bonds. The third-order valence-electron chi connectivity index (χ3n) is 7.42. The summed E-state index contributed by atoms with van der Waals surface area (Å²) in [5.74, 6) is -2.95. The Hall–Kier alpha value is -3.50. The molecule has 1 aliphatic carbocycles. The van der Waals surface area contributed by atoms with E-state index in [1.165, 1.54) is 35.2 Å². The van der Waals surface area contributed by atoms with E-state index in [9.17, 15) is 32.3 Å². The van der Waals surface area contributed by atoms with Gasteiger partial charge in [-0.05, 0) is 61.9 Å². The number of nitrogens with one attached hydrogen (secondary N) is 1. The van der Waals surface area contributed by atoms with Gasteiger partial charge < -0.3 is 15.3 Å². The van der Waals surface area contributed by atoms with Crippen molar-refractivity contribution in [2.75, 3.05) is 11.4 Å². The van der Waals surface area contributed by atoms with Gasteiger partial charge in [0.1, 0.15) is 17.3 Å². The number of aliphatic hydroxyl groups is 1. The topological polar surface area (TPSA) is 82.5 Å². The summed E-state index contributed by atoms with van der Waals surface area (Å²) in [6.07, 6.45) is 0.327. The van der Waals surface area contributed by atoms with E-state index in [1.54, 1.807) is 0 Å². The quantitative estimate of drug-likeness (QED) is 0.388. The van der Waals surface area contributed by atoms with Gasteiger partial charge in [0.05, 0.1) is 16.3 Å². The highest BCUT2D eigenvalue weighted by molar-refractivity contribution is 6.30. The van der Waals surface area contributed by atoms with Crippen molar-refractivity contribution in [1.29, 1.82) is 0 Å². The first-order valence-corrected chi connectivity index (χ1v) is 12.8. The summed E-state index contributed by atoms with van der Waals surface area (Å²) in [5, 5.41) is 14.3. The molecule has 1 aromatic heterocycles. The third-order valence-corrected chi connectivity index (χ3v) is 7.62. The number of aromatic nitrogens is 1. The van der Waals surface area contributed by atoms with Gasteiger partial charge in [0.2, 0.25) is 0 Å². The van der Waals surface area contributed by atoms with Gasteiger partial charge in [-0.2, -0.15) is 0 Å². The minimum atomic E-state index is -2.93. The lowest BCUT2D eigenvalue weighted by molar-refractivity contribution is -0.132. The van der Waals surface area contributed by atoms with Crippen LogP contribution in [0.15, 0.2) is 54.7 Å². The fourth-order valence-corrected chi connectivity index (χ4v) is 5.62. The number of halogens is 5. The number of hydrogen-bond acceptors (Lipinski definition) is 4. The smallest absolute Gasteiger partial charge is 0.281 e. The molecule has 11 heteroatoms. The Morgan fingerprint density at radius 3 is 2.51 bits per heavy atom. The molecule has 2 aromatic carbocycles. The normalized spacial score (nSPS) is 22.7. The second-order valence-corrected chi connectivity index (χ2v) is 10.3. The average molecular weight is 562 g/mol. The Morgan fingerprint density at radius 1 is 1.10 bits per heavy atom. The average Bonchev–Trinajstić information content (AvgIpc) is 3.11. The van der Waals surface area contributed by atoms with Crippen molar-refractivity contribution < 1.29 is 32.3 Å². The SMILES string of the molecule is O=C(NC1CCC(CN2C(=O)C(O)(c3ccccc3F)c3cc(F)ccc32)CC1)c1cc(Cl)cnc1C(F)F. The van der Waals surface area contributed by atoms with Crippen molar-refractivity contribution in [3.8, 4) is 0 Å². The molecule has 6 nitrogen and oxygen atoms in total. The van der Waals surface area contributed by atoms with E-state index < -0.39 is 41.2 Å². The van der Waals surface area contributed by atoms with E-state index >= 15 is 0 Å². The zero-order valence-corrected chi connectivity index (χ0v) is 21.3. The van der Waals surface area contributed by atoms with Gasteiger partial charge >= 0.3 is 0 Å². The molecule has 2 heterocycles. The molecule has 204 valence electrons. The van der Waals surface area contributed by atoms with E-state index in [1.807, 2.05) is 0 Å². The van der Waals surface area contributed by atoms with Crippen LogP contribution in [0.4, 0.5) is 23.2 Å². The van der Waals surface area contributed by atoms with Gasteiger partial charge in [-0.3, -0.25) is 14.6 Å². The molecule has 3 aromatic rings. The summed E-state index contributed by atoms with van der Waals surface area (Å²) in [6, 6.07) is 9.84. The molecule has 1 aliphatic heterocycles. The van der Waals surface area contributed by atoms with Crippen LogP contribution >= 0.6 is 11.6 Å². The second-order valence-electron chi connectivity index (χ2n) is 9.85. The lowest BCUT2D eigenvalue weighted by Crippen LogP contribution is -2.45. The van der Waals surface area contributed by atoms with Crippen molar-refractivity contribution in [3.05, 3.63) is 93.8 Å². The summed E-state index contributed by atoms with van der Waals surface area (Å²) in [6.45, 7) is 0.197. The molecular formula is C28H24ClF4N3O3. The van der Waals surface area contributed by atoms with Crippen LogP contribution in [0.5, 0.6) is 0 Å². The maximum absolute atomic E-state index is 14.7. The van der Waals surface area contributed by atoms with Crippen molar-refractivity contribution in [2.45, 2.75) is 43.8 Å².